The molecule has 1 saturated heterocycles. The van der Waals surface area contributed by atoms with Gasteiger partial charge in [0.15, 0.2) is 0 Å². The van der Waals surface area contributed by atoms with E-state index in [2.05, 4.69) is 45.5 Å². The van der Waals surface area contributed by atoms with Crippen molar-refractivity contribution in [3.8, 4) is 6.07 Å². The Labute approximate surface area is 154 Å². The van der Waals surface area contributed by atoms with Crippen molar-refractivity contribution in [3.05, 3.63) is 71.3 Å². The molecule has 5 nitrogen and oxygen atoms in total. The highest BCUT2D eigenvalue weighted by molar-refractivity contribution is 5.78. The van der Waals surface area contributed by atoms with Gasteiger partial charge in [0, 0.05) is 39.3 Å². The number of carbonyl (C=O) groups excluding carboxylic acids is 1. The number of hydrogen-bond donors (Lipinski definition) is 1. The quantitative estimate of drug-likeness (QED) is 0.867. The lowest BCUT2D eigenvalue weighted by molar-refractivity contribution is -0.122. The summed E-state index contributed by atoms with van der Waals surface area (Å²) in [6.45, 7) is 5.63. The second-order valence-corrected chi connectivity index (χ2v) is 6.63. The Morgan fingerprint density at radius 3 is 2.38 bits per heavy atom. The van der Waals surface area contributed by atoms with Gasteiger partial charge in [-0.25, -0.2) is 0 Å². The number of hydrogen-bond acceptors (Lipinski definition) is 4. The van der Waals surface area contributed by atoms with Crippen molar-refractivity contribution in [2.24, 2.45) is 0 Å². The molecular formula is C21H24N4O. The summed E-state index contributed by atoms with van der Waals surface area (Å²) >= 11 is 0. The zero-order valence-electron chi connectivity index (χ0n) is 14.9. The van der Waals surface area contributed by atoms with Crippen LogP contribution in [-0.4, -0.2) is 48.4 Å². The second-order valence-electron chi connectivity index (χ2n) is 6.63. The van der Waals surface area contributed by atoms with Crippen molar-refractivity contribution in [2.75, 3.05) is 32.7 Å². The maximum Gasteiger partial charge on any atom is 0.234 e. The standard InChI is InChI=1S/C21H24N4O/c22-14-19-7-4-8-20(13-19)15-23-21(26)17-25-11-9-24(10-12-25)16-18-5-2-1-3-6-18/h1-8,13H,9-12,15-17H2,(H,23,26). The molecule has 0 bridgehead atoms. The molecule has 5 heteroatoms. The number of benzene rings is 2. The molecule has 1 fully saturated rings. The van der Waals surface area contributed by atoms with Crippen molar-refractivity contribution in [2.45, 2.75) is 13.1 Å². The van der Waals surface area contributed by atoms with Crippen LogP contribution in [0.5, 0.6) is 0 Å². The third-order valence-electron chi connectivity index (χ3n) is 4.63. The molecule has 0 atom stereocenters. The molecule has 0 aliphatic carbocycles. The molecule has 0 radical (unpaired) electrons. The first-order valence-corrected chi connectivity index (χ1v) is 8.97. The molecule has 0 unspecified atom stereocenters. The highest BCUT2D eigenvalue weighted by Gasteiger charge is 2.18. The van der Waals surface area contributed by atoms with E-state index in [0.717, 1.165) is 38.3 Å². The average Bonchev–Trinajstić information content (AvgIpc) is 2.69. The largest absolute Gasteiger partial charge is 0.351 e. The first-order chi connectivity index (χ1) is 12.7. The monoisotopic (exact) mass is 348 g/mol. The molecule has 26 heavy (non-hydrogen) atoms. The van der Waals surface area contributed by atoms with E-state index >= 15 is 0 Å². The molecule has 0 aromatic heterocycles. The van der Waals surface area contributed by atoms with E-state index in [0.29, 0.717) is 18.7 Å². The minimum absolute atomic E-state index is 0.0314. The van der Waals surface area contributed by atoms with Gasteiger partial charge in [-0.3, -0.25) is 14.6 Å². The summed E-state index contributed by atoms with van der Waals surface area (Å²) in [5, 5.41) is 11.9. The van der Waals surface area contributed by atoms with Gasteiger partial charge in [0.05, 0.1) is 18.2 Å². The Hall–Kier alpha value is -2.68. The number of nitrogens with one attached hydrogen (secondary N) is 1. The molecule has 0 saturated carbocycles. The lowest BCUT2D eigenvalue weighted by Gasteiger charge is -2.34. The smallest absolute Gasteiger partial charge is 0.234 e. The van der Waals surface area contributed by atoms with Gasteiger partial charge in [0.1, 0.15) is 0 Å². The third-order valence-corrected chi connectivity index (χ3v) is 4.63. The van der Waals surface area contributed by atoms with Gasteiger partial charge >= 0.3 is 0 Å². The van der Waals surface area contributed by atoms with Crippen molar-refractivity contribution in [1.29, 1.82) is 5.26 Å². The molecule has 1 N–H and O–H groups in total. The fourth-order valence-electron chi connectivity index (χ4n) is 3.16. The molecule has 134 valence electrons. The van der Waals surface area contributed by atoms with Crippen LogP contribution < -0.4 is 5.32 Å². The Morgan fingerprint density at radius 2 is 1.65 bits per heavy atom. The summed E-state index contributed by atoms with van der Waals surface area (Å²) < 4.78 is 0. The summed E-state index contributed by atoms with van der Waals surface area (Å²) in [6, 6.07) is 19.9. The minimum atomic E-state index is 0.0314. The maximum absolute atomic E-state index is 12.2. The summed E-state index contributed by atoms with van der Waals surface area (Å²) in [7, 11) is 0. The maximum atomic E-state index is 12.2. The van der Waals surface area contributed by atoms with Crippen molar-refractivity contribution in [1.82, 2.24) is 15.1 Å². The third kappa shape index (κ3) is 5.41. The molecule has 1 amide bonds. The first-order valence-electron chi connectivity index (χ1n) is 8.97. The minimum Gasteiger partial charge on any atom is -0.351 e. The highest BCUT2D eigenvalue weighted by Crippen LogP contribution is 2.08. The number of rotatable bonds is 6. The van der Waals surface area contributed by atoms with Crippen LogP contribution >= 0.6 is 0 Å². The van der Waals surface area contributed by atoms with Crippen molar-refractivity contribution in [3.63, 3.8) is 0 Å². The highest BCUT2D eigenvalue weighted by atomic mass is 16.2. The Bertz CT molecular complexity index is 761. The fourth-order valence-corrected chi connectivity index (χ4v) is 3.16. The molecule has 3 rings (SSSR count). The van der Waals surface area contributed by atoms with Gasteiger partial charge < -0.3 is 5.32 Å². The molecule has 2 aromatic carbocycles. The van der Waals surface area contributed by atoms with Crippen LogP contribution in [-0.2, 0) is 17.9 Å². The number of nitrogens with zero attached hydrogens (tertiary/aromatic N) is 3. The van der Waals surface area contributed by atoms with Gasteiger partial charge in [-0.2, -0.15) is 5.26 Å². The van der Waals surface area contributed by atoms with Crippen LogP contribution in [0.4, 0.5) is 0 Å². The van der Waals surface area contributed by atoms with Crippen LogP contribution in [0.25, 0.3) is 0 Å². The van der Waals surface area contributed by atoms with E-state index in [-0.39, 0.29) is 5.91 Å². The first kappa shape index (κ1) is 18.1. The number of piperazine rings is 1. The number of carbonyl (C=O) groups is 1. The molecular weight excluding hydrogens is 324 g/mol. The molecule has 1 aliphatic heterocycles. The summed E-state index contributed by atoms with van der Waals surface area (Å²) in [5.74, 6) is 0.0314. The van der Waals surface area contributed by atoms with Gasteiger partial charge in [-0.05, 0) is 23.3 Å². The normalized spacial score (nSPS) is 15.3. The Kier molecular flexibility index (Phi) is 6.37. The van der Waals surface area contributed by atoms with E-state index in [1.165, 1.54) is 5.56 Å². The van der Waals surface area contributed by atoms with Crippen LogP contribution in [0, 0.1) is 11.3 Å². The van der Waals surface area contributed by atoms with E-state index < -0.39 is 0 Å². The van der Waals surface area contributed by atoms with Crippen molar-refractivity contribution >= 4 is 5.91 Å². The number of amides is 1. The molecule has 2 aromatic rings. The van der Waals surface area contributed by atoms with Crippen LogP contribution in [0.1, 0.15) is 16.7 Å². The summed E-state index contributed by atoms with van der Waals surface area (Å²) in [4.78, 5) is 16.8. The van der Waals surface area contributed by atoms with E-state index in [4.69, 9.17) is 5.26 Å². The van der Waals surface area contributed by atoms with Crippen LogP contribution in [0.3, 0.4) is 0 Å². The van der Waals surface area contributed by atoms with E-state index in [1.807, 2.05) is 24.3 Å². The van der Waals surface area contributed by atoms with Gasteiger partial charge in [-0.15, -0.1) is 0 Å². The van der Waals surface area contributed by atoms with Gasteiger partial charge in [0.2, 0.25) is 5.91 Å². The van der Waals surface area contributed by atoms with Gasteiger partial charge in [0.25, 0.3) is 0 Å². The topological polar surface area (TPSA) is 59.4 Å². The summed E-state index contributed by atoms with van der Waals surface area (Å²) in [6.07, 6.45) is 0. The van der Waals surface area contributed by atoms with Crippen LogP contribution in [0.15, 0.2) is 54.6 Å². The lowest BCUT2D eigenvalue weighted by atomic mass is 10.1. The van der Waals surface area contributed by atoms with Crippen molar-refractivity contribution < 1.29 is 4.79 Å². The SMILES string of the molecule is N#Cc1cccc(CNC(=O)CN2CCN(Cc3ccccc3)CC2)c1. The zero-order chi connectivity index (χ0) is 18.2. The van der Waals surface area contributed by atoms with E-state index in [9.17, 15) is 4.79 Å². The average molecular weight is 348 g/mol. The zero-order valence-corrected chi connectivity index (χ0v) is 14.9. The molecule has 1 aliphatic rings. The lowest BCUT2D eigenvalue weighted by Crippen LogP contribution is -2.49. The predicted octanol–water partition coefficient (Wildman–Crippen LogP) is 1.99. The number of nitriles is 1. The fraction of sp³-hybridized carbons (Fsp3) is 0.333. The summed E-state index contributed by atoms with van der Waals surface area (Å²) in [5.41, 5.74) is 2.90. The van der Waals surface area contributed by atoms with E-state index in [1.54, 1.807) is 6.07 Å². The molecule has 1 heterocycles. The Balaban J connectivity index is 1.38. The molecule has 0 spiro atoms. The van der Waals surface area contributed by atoms with Crippen LogP contribution in [0.2, 0.25) is 0 Å². The Morgan fingerprint density at radius 1 is 0.962 bits per heavy atom. The predicted molar refractivity (Wildman–Crippen MR) is 101 cm³/mol. The second kappa shape index (κ2) is 9.14. The van der Waals surface area contributed by atoms with Gasteiger partial charge in [-0.1, -0.05) is 42.5 Å².